The van der Waals surface area contributed by atoms with Crippen LogP contribution in [0.15, 0.2) is 23.1 Å². The highest BCUT2D eigenvalue weighted by Gasteiger charge is 2.30. The Morgan fingerprint density at radius 3 is 2.82 bits per heavy atom. The Morgan fingerprint density at radius 2 is 2.24 bits per heavy atom. The molecule has 0 unspecified atom stereocenters. The number of halogens is 1. The molecule has 94 valence electrons. The molecule has 17 heavy (non-hydrogen) atoms. The van der Waals surface area contributed by atoms with Gasteiger partial charge in [0.25, 0.3) is 0 Å². The summed E-state index contributed by atoms with van der Waals surface area (Å²) in [5.74, 6) is 1.63. The van der Waals surface area contributed by atoms with Crippen LogP contribution in [0, 0.1) is 0 Å². The van der Waals surface area contributed by atoms with Gasteiger partial charge in [-0.05, 0) is 18.2 Å². The fraction of sp³-hybridized carbons (Fsp3) is 0.400. The normalized spacial score (nSPS) is 17.3. The molecule has 0 atom stereocenters. The van der Waals surface area contributed by atoms with E-state index in [0.29, 0.717) is 23.2 Å². The molecule has 0 aromatic heterocycles. The zero-order valence-corrected chi connectivity index (χ0v) is 11.6. The molecule has 1 aliphatic rings. The zero-order valence-electron chi connectivity index (χ0n) is 9.22. The van der Waals surface area contributed by atoms with Crippen LogP contribution in [0.4, 0.5) is 0 Å². The van der Waals surface area contributed by atoms with Gasteiger partial charge in [0.2, 0.25) is 10.0 Å². The van der Waals surface area contributed by atoms with Crippen molar-refractivity contribution < 1.29 is 13.2 Å². The minimum Gasteiger partial charge on any atom is -0.495 e. The molecular formula is C10H12ClNO3S2. The molecular weight excluding hydrogens is 282 g/mol. The van der Waals surface area contributed by atoms with Gasteiger partial charge in [-0.25, -0.2) is 8.42 Å². The van der Waals surface area contributed by atoms with E-state index >= 15 is 0 Å². The van der Waals surface area contributed by atoms with Crippen molar-refractivity contribution in [3.05, 3.63) is 23.2 Å². The molecule has 0 saturated carbocycles. The first-order chi connectivity index (χ1) is 8.05. The maximum atomic E-state index is 12.3. The Hall–Kier alpha value is -0.430. The lowest BCUT2D eigenvalue weighted by atomic mass is 10.3. The van der Waals surface area contributed by atoms with Crippen molar-refractivity contribution in [2.75, 3.05) is 25.3 Å². The van der Waals surface area contributed by atoms with E-state index in [0.717, 1.165) is 5.75 Å². The van der Waals surface area contributed by atoms with Gasteiger partial charge in [0.15, 0.2) is 0 Å². The molecule has 0 spiro atoms. The van der Waals surface area contributed by atoms with Crippen LogP contribution in [0.1, 0.15) is 0 Å². The second-order valence-electron chi connectivity index (χ2n) is 3.51. The standard InChI is InChI=1S/C10H12ClNO3S2/c1-15-9-3-2-8(11)6-10(9)17(13,14)12-4-5-16-7-12/h2-3,6H,4-5,7H2,1H3. The molecule has 1 heterocycles. The van der Waals surface area contributed by atoms with Gasteiger partial charge in [-0.15, -0.1) is 11.8 Å². The van der Waals surface area contributed by atoms with Crippen LogP contribution in [0.5, 0.6) is 5.75 Å². The van der Waals surface area contributed by atoms with E-state index in [1.807, 2.05) is 0 Å². The molecule has 1 saturated heterocycles. The van der Waals surface area contributed by atoms with Crippen molar-refractivity contribution in [1.29, 1.82) is 0 Å². The summed E-state index contributed by atoms with van der Waals surface area (Å²) in [6.07, 6.45) is 0. The van der Waals surface area contributed by atoms with Gasteiger partial charge in [0.1, 0.15) is 10.6 Å². The van der Waals surface area contributed by atoms with Crippen LogP contribution in [0.25, 0.3) is 0 Å². The van der Waals surface area contributed by atoms with Crippen molar-refractivity contribution in [3.8, 4) is 5.75 Å². The molecule has 7 heteroatoms. The van der Waals surface area contributed by atoms with Crippen LogP contribution in [0.3, 0.4) is 0 Å². The highest BCUT2D eigenvalue weighted by atomic mass is 35.5. The number of rotatable bonds is 3. The third-order valence-electron chi connectivity index (χ3n) is 2.46. The SMILES string of the molecule is COc1ccc(Cl)cc1S(=O)(=O)N1CCSC1. The molecule has 2 rings (SSSR count). The van der Waals surface area contributed by atoms with Gasteiger partial charge in [-0.1, -0.05) is 11.6 Å². The van der Waals surface area contributed by atoms with Gasteiger partial charge in [-0.3, -0.25) is 0 Å². The van der Waals surface area contributed by atoms with E-state index in [4.69, 9.17) is 16.3 Å². The fourth-order valence-corrected chi connectivity index (χ4v) is 4.81. The van der Waals surface area contributed by atoms with E-state index in [2.05, 4.69) is 0 Å². The number of nitrogens with zero attached hydrogens (tertiary/aromatic N) is 1. The van der Waals surface area contributed by atoms with Gasteiger partial charge in [-0.2, -0.15) is 4.31 Å². The lowest BCUT2D eigenvalue weighted by molar-refractivity contribution is 0.399. The highest BCUT2D eigenvalue weighted by molar-refractivity contribution is 8.00. The van der Waals surface area contributed by atoms with Crippen LogP contribution in [-0.2, 0) is 10.0 Å². The fourth-order valence-electron chi connectivity index (χ4n) is 1.58. The molecule has 1 aromatic rings. The molecule has 1 aliphatic heterocycles. The van der Waals surface area contributed by atoms with E-state index in [1.165, 1.54) is 17.5 Å². The maximum Gasteiger partial charge on any atom is 0.247 e. The summed E-state index contributed by atoms with van der Waals surface area (Å²) in [5.41, 5.74) is 0. The Labute approximate surface area is 110 Å². The van der Waals surface area contributed by atoms with Crippen molar-refractivity contribution in [2.45, 2.75) is 4.90 Å². The molecule has 4 nitrogen and oxygen atoms in total. The number of benzene rings is 1. The average molecular weight is 294 g/mol. The number of hydrogen-bond acceptors (Lipinski definition) is 4. The Kier molecular flexibility index (Phi) is 3.87. The minimum absolute atomic E-state index is 0.134. The number of ether oxygens (including phenoxy) is 1. The van der Waals surface area contributed by atoms with Gasteiger partial charge < -0.3 is 4.74 Å². The van der Waals surface area contributed by atoms with Gasteiger partial charge in [0, 0.05) is 17.3 Å². The summed E-state index contributed by atoms with van der Waals surface area (Å²) in [6, 6.07) is 4.61. The molecule has 0 amide bonds. The van der Waals surface area contributed by atoms with Crippen LogP contribution in [0.2, 0.25) is 5.02 Å². The second-order valence-corrected chi connectivity index (χ2v) is 6.93. The van der Waals surface area contributed by atoms with Crippen LogP contribution < -0.4 is 4.74 Å². The summed E-state index contributed by atoms with van der Waals surface area (Å²) >= 11 is 7.44. The lowest BCUT2D eigenvalue weighted by Gasteiger charge is -2.17. The topological polar surface area (TPSA) is 46.6 Å². The summed E-state index contributed by atoms with van der Waals surface area (Å²) < 4.78 is 31.2. The monoisotopic (exact) mass is 293 g/mol. The minimum atomic E-state index is -3.50. The number of sulfonamides is 1. The zero-order chi connectivity index (χ0) is 12.5. The first kappa shape index (κ1) is 13.0. The Bertz CT molecular complexity index is 512. The summed E-state index contributed by atoms with van der Waals surface area (Å²) in [4.78, 5) is 0.134. The molecule has 1 aromatic carbocycles. The molecule has 0 aliphatic carbocycles. The predicted molar refractivity (Wildman–Crippen MR) is 69.2 cm³/mol. The van der Waals surface area contributed by atoms with Crippen molar-refractivity contribution in [1.82, 2.24) is 4.31 Å². The molecule has 0 bridgehead atoms. The smallest absolute Gasteiger partial charge is 0.247 e. The number of thioether (sulfide) groups is 1. The summed E-state index contributed by atoms with van der Waals surface area (Å²) in [6.45, 7) is 0.530. The first-order valence-corrected chi connectivity index (χ1v) is 7.94. The third-order valence-corrected chi connectivity index (χ3v) is 5.69. The van der Waals surface area contributed by atoms with Crippen LogP contribution >= 0.6 is 23.4 Å². The van der Waals surface area contributed by atoms with Crippen molar-refractivity contribution >= 4 is 33.4 Å². The largest absolute Gasteiger partial charge is 0.495 e. The lowest BCUT2D eigenvalue weighted by Crippen LogP contribution is -2.28. The van der Waals surface area contributed by atoms with E-state index in [-0.39, 0.29) is 4.90 Å². The number of hydrogen-bond donors (Lipinski definition) is 0. The second kappa shape index (κ2) is 5.06. The van der Waals surface area contributed by atoms with E-state index < -0.39 is 10.0 Å². The molecule has 0 N–H and O–H groups in total. The maximum absolute atomic E-state index is 12.3. The summed E-state index contributed by atoms with van der Waals surface area (Å²) in [5, 5.41) is 0.385. The van der Waals surface area contributed by atoms with Gasteiger partial charge in [0.05, 0.1) is 13.0 Å². The summed E-state index contributed by atoms with van der Waals surface area (Å²) in [7, 11) is -2.06. The average Bonchev–Trinajstić information content (AvgIpc) is 2.83. The van der Waals surface area contributed by atoms with Crippen LogP contribution in [-0.4, -0.2) is 38.0 Å². The highest BCUT2D eigenvalue weighted by Crippen LogP contribution is 2.31. The quantitative estimate of drug-likeness (QED) is 0.856. The Balaban J connectivity index is 2.47. The number of methoxy groups -OCH3 is 1. The molecule has 1 fully saturated rings. The van der Waals surface area contributed by atoms with E-state index in [9.17, 15) is 8.42 Å². The Morgan fingerprint density at radius 1 is 1.47 bits per heavy atom. The van der Waals surface area contributed by atoms with Gasteiger partial charge >= 0.3 is 0 Å². The van der Waals surface area contributed by atoms with Crippen molar-refractivity contribution in [3.63, 3.8) is 0 Å². The first-order valence-electron chi connectivity index (χ1n) is 4.97. The molecule has 0 radical (unpaired) electrons. The predicted octanol–water partition coefficient (Wildman–Crippen LogP) is 2.04. The third kappa shape index (κ3) is 2.54. The van der Waals surface area contributed by atoms with E-state index in [1.54, 1.807) is 23.9 Å². The van der Waals surface area contributed by atoms with Crippen molar-refractivity contribution in [2.24, 2.45) is 0 Å².